The quantitative estimate of drug-likeness (QED) is 0.658. The molecule has 0 amide bonds. The number of carbonyl (C=O) groups excluding carboxylic acids is 1. The lowest BCUT2D eigenvalue weighted by atomic mass is 9.97. The van der Waals surface area contributed by atoms with E-state index in [0.717, 1.165) is 11.2 Å². The highest BCUT2D eigenvalue weighted by molar-refractivity contribution is 6.32. The fourth-order valence-electron chi connectivity index (χ4n) is 0.567. The van der Waals surface area contributed by atoms with Gasteiger partial charge in [0.05, 0.1) is 0 Å². The number of ketones is 1. The van der Waals surface area contributed by atoms with Crippen LogP contribution < -0.4 is 5.46 Å². The van der Waals surface area contributed by atoms with E-state index in [1.165, 1.54) is 0 Å². The summed E-state index contributed by atoms with van der Waals surface area (Å²) in [7, 11) is 5.42. The molecule has 1 heterocycles. The summed E-state index contributed by atoms with van der Waals surface area (Å²) >= 11 is 0. The van der Waals surface area contributed by atoms with Crippen molar-refractivity contribution in [2.24, 2.45) is 0 Å². The van der Waals surface area contributed by atoms with Crippen molar-refractivity contribution >= 4 is 19.1 Å². The zero-order valence-corrected chi connectivity index (χ0v) is 10.4. The first kappa shape index (κ1) is 16.3. The molecule has 82 valence electrons. The molecule has 0 aliphatic heterocycles. The lowest BCUT2D eigenvalue weighted by Gasteiger charge is -1.90. The van der Waals surface area contributed by atoms with Crippen molar-refractivity contribution in [3.63, 3.8) is 0 Å². The normalized spacial score (nSPS) is 7.80. The van der Waals surface area contributed by atoms with Crippen LogP contribution in [0.2, 0.25) is 0 Å². The largest absolute Gasteiger partial charge is 0.300 e. The van der Waals surface area contributed by atoms with Crippen LogP contribution in [-0.2, 0) is 4.79 Å². The number of rotatable bonds is 1. The lowest BCUT2D eigenvalue weighted by molar-refractivity contribution is -0.116. The molecule has 0 saturated heterocycles. The highest BCUT2D eigenvalue weighted by Crippen LogP contribution is 1.83. The molecular weight excluding hydrogens is 185 g/mol. The van der Waals surface area contributed by atoms with Crippen molar-refractivity contribution in [2.45, 2.75) is 41.0 Å². The van der Waals surface area contributed by atoms with Crippen molar-refractivity contribution in [1.82, 2.24) is 4.98 Å². The number of hydrogen-bond acceptors (Lipinski definition) is 2. The molecule has 0 saturated carbocycles. The zero-order chi connectivity index (χ0) is 12.3. The molecule has 1 rings (SSSR count). The van der Waals surface area contributed by atoms with Crippen LogP contribution in [0.1, 0.15) is 39.8 Å². The zero-order valence-electron chi connectivity index (χ0n) is 10.4. The van der Waals surface area contributed by atoms with Crippen LogP contribution in [0.4, 0.5) is 0 Å². The third kappa shape index (κ3) is 12.9. The summed E-state index contributed by atoms with van der Waals surface area (Å²) in [5, 5.41) is 0. The number of Topliss-reactive ketones (excluding diaryl/α,β-unsaturated/α-hetero) is 1. The van der Waals surface area contributed by atoms with Crippen LogP contribution in [0.15, 0.2) is 18.3 Å². The van der Waals surface area contributed by atoms with Gasteiger partial charge in [-0.1, -0.05) is 32.3 Å². The predicted octanol–water partition coefficient (Wildman–Crippen LogP) is 2.20. The summed E-state index contributed by atoms with van der Waals surface area (Å²) in [6, 6.07) is 3.60. The molecule has 0 aliphatic rings. The van der Waals surface area contributed by atoms with E-state index in [1.807, 2.05) is 33.8 Å². The third-order valence-corrected chi connectivity index (χ3v) is 1.42. The first-order chi connectivity index (χ1) is 7.06. The molecule has 0 spiro atoms. The monoisotopic (exact) mass is 205 g/mol. The van der Waals surface area contributed by atoms with Gasteiger partial charge in [-0.2, -0.15) is 0 Å². The van der Waals surface area contributed by atoms with E-state index >= 15 is 0 Å². The van der Waals surface area contributed by atoms with Gasteiger partial charge in [-0.15, -0.1) is 0 Å². The van der Waals surface area contributed by atoms with E-state index in [-0.39, 0.29) is 5.78 Å². The number of nitrogens with zero attached hydrogens (tertiary/aromatic N) is 1. The predicted molar refractivity (Wildman–Crippen MR) is 66.7 cm³/mol. The average Bonchev–Trinajstić information content (AvgIpc) is 2.21. The Bertz CT molecular complexity index is 257. The molecule has 15 heavy (non-hydrogen) atoms. The van der Waals surface area contributed by atoms with Gasteiger partial charge >= 0.3 is 0 Å². The summed E-state index contributed by atoms with van der Waals surface area (Å²) in [6.07, 6.45) is 2.37. The van der Waals surface area contributed by atoms with Gasteiger partial charge < -0.3 is 4.79 Å². The van der Waals surface area contributed by atoms with E-state index in [9.17, 15) is 4.79 Å². The number of aromatic nitrogens is 1. The summed E-state index contributed by atoms with van der Waals surface area (Å²) in [4.78, 5) is 13.8. The Morgan fingerprint density at radius 2 is 1.93 bits per heavy atom. The number of hydrogen-bond donors (Lipinski definition) is 0. The second-order valence-corrected chi connectivity index (χ2v) is 2.79. The van der Waals surface area contributed by atoms with Crippen molar-refractivity contribution in [3.8, 4) is 0 Å². The SMILES string of the molecule is CC.CCC(C)=O.[B]c1ccnc(C)c1. The number of carbonyl (C=O) groups is 1. The van der Waals surface area contributed by atoms with Gasteiger partial charge in [0, 0.05) is 18.3 Å². The van der Waals surface area contributed by atoms with Gasteiger partial charge in [-0.05, 0) is 19.9 Å². The summed E-state index contributed by atoms with van der Waals surface area (Å²) in [5.41, 5.74) is 1.74. The maximum absolute atomic E-state index is 9.81. The Kier molecular flexibility index (Phi) is 11.9. The highest BCUT2D eigenvalue weighted by Gasteiger charge is 1.81. The van der Waals surface area contributed by atoms with Crippen molar-refractivity contribution in [1.29, 1.82) is 0 Å². The maximum atomic E-state index is 9.81. The Labute approximate surface area is 94.5 Å². The molecule has 0 aliphatic carbocycles. The van der Waals surface area contributed by atoms with Crippen LogP contribution in [0.3, 0.4) is 0 Å². The smallest absolute Gasteiger partial charge is 0.129 e. The number of pyridine rings is 1. The third-order valence-electron chi connectivity index (χ3n) is 1.42. The van der Waals surface area contributed by atoms with E-state index in [1.54, 1.807) is 19.2 Å². The summed E-state index contributed by atoms with van der Waals surface area (Å²) in [5.74, 6) is 0.255. The summed E-state index contributed by atoms with van der Waals surface area (Å²) in [6.45, 7) is 9.35. The first-order valence-corrected chi connectivity index (χ1v) is 5.23. The van der Waals surface area contributed by atoms with Gasteiger partial charge in [-0.3, -0.25) is 4.98 Å². The van der Waals surface area contributed by atoms with Gasteiger partial charge in [0.15, 0.2) is 0 Å². The van der Waals surface area contributed by atoms with E-state index in [0.29, 0.717) is 6.42 Å². The highest BCUT2D eigenvalue weighted by atomic mass is 16.1. The molecule has 0 atom stereocenters. The first-order valence-electron chi connectivity index (χ1n) is 5.23. The van der Waals surface area contributed by atoms with Crippen molar-refractivity contribution < 1.29 is 4.79 Å². The van der Waals surface area contributed by atoms with Gasteiger partial charge in [0.2, 0.25) is 0 Å². The Morgan fingerprint density at radius 3 is 2.13 bits per heavy atom. The van der Waals surface area contributed by atoms with Crippen LogP contribution in [0.5, 0.6) is 0 Å². The summed E-state index contributed by atoms with van der Waals surface area (Å²) < 4.78 is 0. The molecule has 2 radical (unpaired) electrons. The molecule has 0 N–H and O–H groups in total. The molecular formula is C12H20BNO. The second-order valence-electron chi connectivity index (χ2n) is 2.79. The van der Waals surface area contributed by atoms with E-state index in [4.69, 9.17) is 7.85 Å². The molecule has 0 unspecified atom stereocenters. The standard InChI is InChI=1S/C6H6BN.C4H8O.C2H6/c1-5-4-6(7)2-3-8-5;1-3-4(2)5;1-2/h2-4H,1H3;3H2,1-2H3;1-2H3. The van der Waals surface area contributed by atoms with Gasteiger partial charge in [0.25, 0.3) is 0 Å². The molecule has 0 aromatic carbocycles. The molecule has 0 fully saturated rings. The topological polar surface area (TPSA) is 30.0 Å². The van der Waals surface area contributed by atoms with Gasteiger partial charge in [0.1, 0.15) is 13.6 Å². The lowest BCUT2D eigenvalue weighted by Crippen LogP contribution is -2.01. The molecule has 1 aromatic heterocycles. The second kappa shape index (κ2) is 11.0. The fourth-order valence-corrected chi connectivity index (χ4v) is 0.567. The minimum absolute atomic E-state index is 0.255. The van der Waals surface area contributed by atoms with Crippen LogP contribution >= 0.6 is 0 Å². The van der Waals surface area contributed by atoms with Crippen molar-refractivity contribution in [2.75, 3.05) is 0 Å². The minimum atomic E-state index is 0.255. The van der Waals surface area contributed by atoms with Gasteiger partial charge in [-0.25, -0.2) is 0 Å². The Hall–Kier alpha value is -1.12. The number of aryl methyl sites for hydroxylation is 1. The molecule has 3 heteroatoms. The Morgan fingerprint density at radius 1 is 1.47 bits per heavy atom. The average molecular weight is 205 g/mol. The Balaban J connectivity index is 0. The molecule has 1 aromatic rings. The minimum Gasteiger partial charge on any atom is -0.300 e. The van der Waals surface area contributed by atoms with Crippen LogP contribution in [-0.4, -0.2) is 18.6 Å². The van der Waals surface area contributed by atoms with Crippen molar-refractivity contribution in [3.05, 3.63) is 24.0 Å². The maximum Gasteiger partial charge on any atom is 0.129 e. The van der Waals surface area contributed by atoms with E-state index in [2.05, 4.69) is 4.98 Å². The van der Waals surface area contributed by atoms with Crippen LogP contribution in [0.25, 0.3) is 0 Å². The van der Waals surface area contributed by atoms with Crippen LogP contribution in [0, 0.1) is 6.92 Å². The van der Waals surface area contributed by atoms with E-state index < -0.39 is 0 Å². The molecule has 0 bridgehead atoms. The fraction of sp³-hybridized carbons (Fsp3) is 0.500. The molecule has 2 nitrogen and oxygen atoms in total.